The first-order valence-electron chi connectivity index (χ1n) is 7.05. The van der Waals surface area contributed by atoms with Crippen molar-refractivity contribution in [3.63, 3.8) is 0 Å². The van der Waals surface area contributed by atoms with Crippen LogP contribution >= 0.6 is 0 Å². The van der Waals surface area contributed by atoms with E-state index in [0.29, 0.717) is 5.92 Å². The average Bonchev–Trinajstić information content (AvgIpc) is 2.90. The molecule has 0 spiro atoms. The summed E-state index contributed by atoms with van der Waals surface area (Å²) in [5.74, 6) is 0.310. The van der Waals surface area contributed by atoms with Gasteiger partial charge in [0, 0.05) is 5.92 Å². The molecule has 18 heavy (non-hydrogen) atoms. The zero-order valence-corrected chi connectivity index (χ0v) is 11.4. The molecule has 0 saturated carbocycles. The van der Waals surface area contributed by atoms with Gasteiger partial charge >= 0.3 is 5.97 Å². The Morgan fingerprint density at radius 3 is 3.00 bits per heavy atom. The summed E-state index contributed by atoms with van der Waals surface area (Å²) in [4.78, 5) is 11.8. The van der Waals surface area contributed by atoms with E-state index in [1.54, 1.807) is 0 Å². The minimum atomic E-state index is -0.0681. The lowest BCUT2D eigenvalue weighted by Gasteiger charge is -2.20. The maximum atomic E-state index is 11.8. The van der Waals surface area contributed by atoms with Gasteiger partial charge in [0.15, 0.2) is 0 Å². The summed E-state index contributed by atoms with van der Waals surface area (Å²) in [6.45, 7) is 6.33. The number of carbonyl (C=O) groups is 1. The summed E-state index contributed by atoms with van der Waals surface area (Å²) >= 11 is 0. The smallest absolute Gasteiger partial charge is 0.309 e. The third-order valence-corrected chi connectivity index (χ3v) is 4.93. The van der Waals surface area contributed by atoms with Crippen molar-refractivity contribution in [2.45, 2.75) is 64.3 Å². The molecule has 0 amide bonds. The Kier molecular flexibility index (Phi) is 2.77. The van der Waals surface area contributed by atoms with Gasteiger partial charge < -0.3 is 9.47 Å². The van der Waals surface area contributed by atoms with Gasteiger partial charge in [0.2, 0.25) is 0 Å². The lowest BCUT2D eigenvalue weighted by molar-refractivity contribution is -0.144. The van der Waals surface area contributed by atoms with E-state index in [9.17, 15) is 4.79 Å². The highest BCUT2D eigenvalue weighted by atomic mass is 16.6. The largest absolute Gasteiger partial charge is 0.459 e. The lowest BCUT2D eigenvalue weighted by Crippen LogP contribution is -2.29. The molecule has 2 heterocycles. The van der Waals surface area contributed by atoms with Gasteiger partial charge in [-0.15, -0.1) is 0 Å². The minimum Gasteiger partial charge on any atom is -0.459 e. The fraction of sp³-hybridized carbons (Fsp3) is 0.800. The van der Waals surface area contributed by atoms with Crippen molar-refractivity contribution in [3.8, 4) is 0 Å². The Balaban J connectivity index is 1.85. The van der Waals surface area contributed by atoms with Gasteiger partial charge in [-0.2, -0.15) is 0 Å². The van der Waals surface area contributed by atoms with Crippen LogP contribution < -0.4 is 0 Å². The van der Waals surface area contributed by atoms with Crippen molar-refractivity contribution in [3.05, 3.63) is 11.6 Å². The molecule has 0 N–H and O–H groups in total. The number of epoxide rings is 1. The number of hydrogen-bond acceptors (Lipinski definition) is 3. The number of carbonyl (C=O) groups excluding carboxylic acids is 1. The highest BCUT2D eigenvalue weighted by Crippen LogP contribution is 2.50. The van der Waals surface area contributed by atoms with Gasteiger partial charge in [-0.05, 0) is 39.5 Å². The monoisotopic (exact) mass is 250 g/mol. The average molecular weight is 250 g/mol. The van der Waals surface area contributed by atoms with Crippen LogP contribution in [0.3, 0.4) is 0 Å². The Morgan fingerprint density at radius 2 is 2.22 bits per heavy atom. The summed E-state index contributed by atoms with van der Waals surface area (Å²) in [6, 6.07) is 0. The van der Waals surface area contributed by atoms with Gasteiger partial charge in [0.05, 0.1) is 11.5 Å². The van der Waals surface area contributed by atoms with E-state index in [0.717, 1.165) is 25.7 Å². The number of ether oxygens (including phenoxy) is 2. The first kappa shape index (κ1) is 12.2. The van der Waals surface area contributed by atoms with E-state index in [-0.39, 0.29) is 29.7 Å². The number of allylic oxidation sites excluding steroid dienone is 2. The fourth-order valence-electron chi connectivity index (χ4n) is 3.46. The molecule has 0 aromatic rings. The Labute approximate surface area is 109 Å². The number of hydrogen-bond donors (Lipinski definition) is 0. The molecule has 0 bridgehead atoms. The molecule has 5 atom stereocenters. The van der Waals surface area contributed by atoms with Gasteiger partial charge in [0.25, 0.3) is 0 Å². The van der Waals surface area contributed by atoms with Crippen LogP contribution in [-0.4, -0.2) is 23.8 Å². The van der Waals surface area contributed by atoms with Crippen LogP contribution in [-0.2, 0) is 14.3 Å². The van der Waals surface area contributed by atoms with Crippen LogP contribution in [0.25, 0.3) is 0 Å². The standard InChI is InChI=1S/C15H22O3/c1-9-5-4-8-15(3)13(18-15)12-11(7-6-9)10(2)14(16)17-12/h5,10-13H,4,6-8H2,1-3H3/b9-5+/t10?,11?,12-,13?,15?/m0/s1. The van der Waals surface area contributed by atoms with E-state index in [2.05, 4.69) is 19.9 Å². The molecule has 0 aromatic carbocycles. The molecule has 3 nitrogen and oxygen atoms in total. The zero-order chi connectivity index (χ0) is 12.9. The Bertz CT molecular complexity index is 401. The molecule has 3 aliphatic rings. The molecular weight excluding hydrogens is 228 g/mol. The van der Waals surface area contributed by atoms with E-state index in [1.165, 1.54) is 5.57 Å². The van der Waals surface area contributed by atoms with Crippen LogP contribution in [0.4, 0.5) is 0 Å². The highest BCUT2D eigenvalue weighted by Gasteiger charge is 2.61. The van der Waals surface area contributed by atoms with Crippen LogP contribution in [0, 0.1) is 11.8 Å². The summed E-state index contributed by atoms with van der Waals surface area (Å²) in [5, 5.41) is 0. The molecule has 2 saturated heterocycles. The second-order valence-electron chi connectivity index (χ2n) is 6.33. The zero-order valence-electron chi connectivity index (χ0n) is 11.4. The SMILES string of the molecule is C/C1=C\CCC2(C)OC2[C@H]2OC(=O)C(C)C2CC1. The first-order chi connectivity index (χ1) is 8.51. The van der Waals surface area contributed by atoms with Crippen molar-refractivity contribution in [1.29, 1.82) is 0 Å². The van der Waals surface area contributed by atoms with Crippen LogP contribution in [0.15, 0.2) is 11.6 Å². The molecular formula is C15H22O3. The second kappa shape index (κ2) is 4.09. The van der Waals surface area contributed by atoms with Gasteiger partial charge in [-0.3, -0.25) is 4.79 Å². The number of rotatable bonds is 0. The maximum Gasteiger partial charge on any atom is 0.309 e. The molecule has 100 valence electrons. The normalized spacial score (nSPS) is 50.6. The summed E-state index contributed by atoms with van der Waals surface area (Å²) in [5.41, 5.74) is 1.37. The predicted octanol–water partition coefficient (Wildman–Crippen LogP) is 2.84. The molecule has 2 aliphatic heterocycles. The van der Waals surface area contributed by atoms with Crippen molar-refractivity contribution in [1.82, 2.24) is 0 Å². The van der Waals surface area contributed by atoms with E-state index in [1.807, 2.05) is 6.92 Å². The topological polar surface area (TPSA) is 38.8 Å². The molecule has 1 aliphatic carbocycles. The summed E-state index contributed by atoms with van der Waals surface area (Å²) in [6.07, 6.45) is 6.66. The Morgan fingerprint density at radius 1 is 1.44 bits per heavy atom. The molecule has 0 radical (unpaired) electrons. The van der Waals surface area contributed by atoms with Crippen molar-refractivity contribution >= 4 is 5.97 Å². The van der Waals surface area contributed by atoms with Crippen LogP contribution in [0.1, 0.15) is 46.5 Å². The van der Waals surface area contributed by atoms with E-state index in [4.69, 9.17) is 9.47 Å². The van der Waals surface area contributed by atoms with Crippen LogP contribution in [0.5, 0.6) is 0 Å². The third kappa shape index (κ3) is 1.89. The molecule has 3 heteroatoms. The number of fused-ring (bicyclic) bond motifs is 3. The highest BCUT2D eigenvalue weighted by molar-refractivity contribution is 5.75. The van der Waals surface area contributed by atoms with Gasteiger partial charge in [-0.25, -0.2) is 0 Å². The summed E-state index contributed by atoms with van der Waals surface area (Å²) < 4.78 is 11.5. The van der Waals surface area contributed by atoms with Crippen LogP contribution in [0.2, 0.25) is 0 Å². The number of esters is 1. The quantitative estimate of drug-likeness (QED) is 0.377. The van der Waals surface area contributed by atoms with Crippen molar-refractivity contribution in [2.75, 3.05) is 0 Å². The second-order valence-corrected chi connectivity index (χ2v) is 6.33. The molecule has 4 unspecified atom stereocenters. The van der Waals surface area contributed by atoms with Gasteiger partial charge in [-0.1, -0.05) is 18.6 Å². The predicted molar refractivity (Wildman–Crippen MR) is 68.0 cm³/mol. The first-order valence-corrected chi connectivity index (χ1v) is 7.05. The Hall–Kier alpha value is -0.830. The van der Waals surface area contributed by atoms with E-state index < -0.39 is 0 Å². The van der Waals surface area contributed by atoms with Gasteiger partial charge in [0.1, 0.15) is 12.2 Å². The lowest BCUT2D eigenvalue weighted by atomic mass is 9.81. The van der Waals surface area contributed by atoms with Crippen molar-refractivity contribution in [2.24, 2.45) is 11.8 Å². The molecule has 3 rings (SSSR count). The fourth-order valence-corrected chi connectivity index (χ4v) is 3.46. The third-order valence-electron chi connectivity index (χ3n) is 4.93. The molecule has 2 fully saturated rings. The summed E-state index contributed by atoms with van der Waals surface area (Å²) in [7, 11) is 0. The maximum absolute atomic E-state index is 11.8. The van der Waals surface area contributed by atoms with E-state index >= 15 is 0 Å². The van der Waals surface area contributed by atoms with Crippen molar-refractivity contribution < 1.29 is 14.3 Å². The minimum absolute atomic E-state index is 0.0107. The molecule has 0 aromatic heterocycles.